The zero-order valence-corrected chi connectivity index (χ0v) is 15.4. The minimum Gasteiger partial charge on any atom is -0.354 e. The number of carbonyl (C=O) groups is 2. The van der Waals surface area contributed by atoms with Gasteiger partial charge in [-0.25, -0.2) is 0 Å². The number of nitrogens with one attached hydrogen (secondary N) is 2. The second-order valence-corrected chi connectivity index (χ2v) is 6.64. The molecule has 2 aromatic rings. The molecule has 1 fully saturated rings. The van der Waals surface area contributed by atoms with Crippen molar-refractivity contribution in [2.24, 2.45) is 7.05 Å². The minimum absolute atomic E-state index is 0.106. The van der Waals surface area contributed by atoms with Crippen molar-refractivity contribution in [2.75, 3.05) is 25.5 Å². The first-order valence-electron chi connectivity index (χ1n) is 8.84. The molecule has 1 aliphatic heterocycles. The Morgan fingerprint density at radius 1 is 1.35 bits per heavy atom. The van der Waals surface area contributed by atoms with Crippen LogP contribution in [-0.4, -0.2) is 46.6 Å². The summed E-state index contributed by atoms with van der Waals surface area (Å²) in [7, 11) is 3.52. The zero-order valence-electron chi connectivity index (χ0n) is 15.4. The van der Waals surface area contributed by atoms with Gasteiger partial charge in [-0.2, -0.15) is 0 Å². The van der Waals surface area contributed by atoms with E-state index in [0.29, 0.717) is 11.6 Å². The van der Waals surface area contributed by atoms with E-state index in [1.54, 1.807) is 20.0 Å². The fourth-order valence-corrected chi connectivity index (χ4v) is 3.52. The second kappa shape index (κ2) is 7.74. The Kier molecular flexibility index (Phi) is 5.41. The number of amides is 2. The summed E-state index contributed by atoms with van der Waals surface area (Å²) in [5.41, 5.74) is 2.39. The average molecular weight is 359 g/mol. The summed E-state index contributed by atoms with van der Waals surface area (Å²) in [5.74, 6) is 0.121. The van der Waals surface area contributed by atoms with E-state index in [9.17, 15) is 9.59 Å². The lowest BCUT2D eigenvalue weighted by molar-refractivity contribution is -0.118. The topological polar surface area (TPSA) is 92.4 Å². The molecule has 0 bridgehead atoms. The quantitative estimate of drug-likeness (QED) is 0.850. The third kappa shape index (κ3) is 3.80. The highest BCUT2D eigenvalue weighted by atomic mass is 16.5. The van der Waals surface area contributed by atoms with Crippen molar-refractivity contribution in [1.82, 2.24) is 19.9 Å². The third-order valence-corrected chi connectivity index (χ3v) is 4.81. The van der Waals surface area contributed by atoms with Crippen LogP contribution in [0.25, 0.3) is 0 Å². The van der Waals surface area contributed by atoms with Crippen LogP contribution in [0.2, 0.25) is 0 Å². The van der Waals surface area contributed by atoms with Gasteiger partial charge < -0.3 is 14.4 Å². The molecule has 0 unspecified atom stereocenters. The molecule has 3 heterocycles. The van der Waals surface area contributed by atoms with Gasteiger partial charge in [0.05, 0.1) is 18.3 Å². The van der Waals surface area contributed by atoms with E-state index in [2.05, 4.69) is 20.7 Å². The molecule has 0 radical (unpaired) electrons. The summed E-state index contributed by atoms with van der Waals surface area (Å²) in [4.78, 5) is 26.5. The summed E-state index contributed by atoms with van der Waals surface area (Å²) in [5, 5.41) is 9.18. The Hall–Kier alpha value is -2.61. The first kappa shape index (κ1) is 18.2. The SMILES string of the molecule is CNC(=O)c1ccc([C@@H]2CCCCN2CC(=O)Nc2cc(C)no2)n1C. The number of rotatable bonds is 5. The van der Waals surface area contributed by atoms with Gasteiger partial charge in [0, 0.05) is 25.9 Å². The molecule has 0 saturated carbocycles. The van der Waals surface area contributed by atoms with Crippen LogP contribution in [0, 0.1) is 6.92 Å². The maximum absolute atomic E-state index is 12.4. The Labute approximate surface area is 152 Å². The van der Waals surface area contributed by atoms with Gasteiger partial charge in [0.25, 0.3) is 5.91 Å². The van der Waals surface area contributed by atoms with Crippen LogP contribution in [-0.2, 0) is 11.8 Å². The molecule has 1 aliphatic rings. The van der Waals surface area contributed by atoms with Crippen molar-refractivity contribution in [3.8, 4) is 0 Å². The number of aryl methyl sites for hydroxylation is 1. The lowest BCUT2D eigenvalue weighted by Crippen LogP contribution is -2.40. The van der Waals surface area contributed by atoms with E-state index in [1.807, 2.05) is 23.7 Å². The Balaban J connectivity index is 1.73. The molecule has 2 aromatic heterocycles. The van der Waals surface area contributed by atoms with Gasteiger partial charge in [-0.1, -0.05) is 11.6 Å². The predicted octanol–water partition coefficient (Wildman–Crippen LogP) is 1.85. The lowest BCUT2D eigenvalue weighted by atomic mass is 9.99. The highest BCUT2D eigenvalue weighted by molar-refractivity contribution is 5.92. The van der Waals surface area contributed by atoms with E-state index >= 15 is 0 Å². The zero-order chi connectivity index (χ0) is 18.7. The van der Waals surface area contributed by atoms with E-state index in [1.165, 1.54) is 0 Å². The Bertz CT molecular complexity index is 795. The molecule has 2 amide bonds. The van der Waals surface area contributed by atoms with E-state index in [0.717, 1.165) is 37.2 Å². The van der Waals surface area contributed by atoms with Crippen molar-refractivity contribution in [3.05, 3.63) is 35.3 Å². The van der Waals surface area contributed by atoms with Crippen LogP contribution in [0.5, 0.6) is 0 Å². The number of hydrogen-bond donors (Lipinski definition) is 2. The molecule has 0 aliphatic carbocycles. The smallest absolute Gasteiger partial charge is 0.267 e. The van der Waals surface area contributed by atoms with Crippen LogP contribution < -0.4 is 10.6 Å². The first-order valence-corrected chi connectivity index (χ1v) is 8.84. The number of aromatic nitrogens is 2. The van der Waals surface area contributed by atoms with Crippen molar-refractivity contribution in [2.45, 2.75) is 32.2 Å². The lowest BCUT2D eigenvalue weighted by Gasteiger charge is -2.35. The first-order chi connectivity index (χ1) is 12.5. The normalized spacial score (nSPS) is 17.9. The summed E-state index contributed by atoms with van der Waals surface area (Å²) in [6, 6.07) is 5.61. The van der Waals surface area contributed by atoms with Crippen molar-refractivity contribution in [1.29, 1.82) is 0 Å². The molecule has 140 valence electrons. The van der Waals surface area contributed by atoms with Gasteiger partial charge in [-0.3, -0.25) is 19.8 Å². The highest BCUT2D eigenvalue weighted by Gasteiger charge is 2.28. The molecule has 0 aromatic carbocycles. The number of carbonyl (C=O) groups excluding carboxylic acids is 2. The molecular weight excluding hydrogens is 334 g/mol. The molecule has 0 spiro atoms. The number of likely N-dealkylation sites (tertiary alicyclic amines) is 1. The molecule has 1 atom stereocenters. The van der Waals surface area contributed by atoms with Crippen LogP contribution >= 0.6 is 0 Å². The maximum atomic E-state index is 12.4. The van der Waals surface area contributed by atoms with Crippen LogP contribution in [0.3, 0.4) is 0 Å². The Morgan fingerprint density at radius 3 is 2.85 bits per heavy atom. The molecular formula is C18H25N5O3. The standard InChI is InChI=1S/C18H25N5O3/c1-12-10-17(26-21-12)20-16(24)11-23-9-5-4-6-14(23)13-7-8-15(22(13)3)18(25)19-2/h7-8,10,14H,4-6,9,11H2,1-3H3,(H,19,25)(H,20,24)/t14-/m0/s1. The fraction of sp³-hybridized carbons (Fsp3) is 0.500. The minimum atomic E-state index is -0.131. The molecule has 8 heteroatoms. The van der Waals surface area contributed by atoms with Gasteiger partial charge in [0.1, 0.15) is 5.69 Å². The summed E-state index contributed by atoms with van der Waals surface area (Å²) >= 11 is 0. The van der Waals surface area contributed by atoms with Crippen LogP contribution in [0.15, 0.2) is 22.7 Å². The molecule has 1 saturated heterocycles. The number of piperidine rings is 1. The molecule has 8 nitrogen and oxygen atoms in total. The van der Waals surface area contributed by atoms with E-state index in [-0.39, 0.29) is 24.4 Å². The summed E-state index contributed by atoms with van der Waals surface area (Å²) < 4.78 is 6.96. The summed E-state index contributed by atoms with van der Waals surface area (Å²) in [6.45, 7) is 2.91. The van der Waals surface area contributed by atoms with Gasteiger partial charge in [-0.15, -0.1) is 0 Å². The van der Waals surface area contributed by atoms with E-state index in [4.69, 9.17) is 4.52 Å². The monoisotopic (exact) mass is 359 g/mol. The average Bonchev–Trinajstić information content (AvgIpc) is 3.20. The molecule has 2 N–H and O–H groups in total. The molecule has 26 heavy (non-hydrogen) atoms. The fourth-order valence-electron chi connectivity index (χ4n) is 3.52. The van der Waals surface area contributed by atoms with E-state index < -0.39 is 0 Å². The molecule has 3 rings (SSSR count). The predicted molar refractivity (Wildman–Crippen MR) is 96.8 cm³/mol. The van der Waals surface area contributed by atoms with Crippen LogP contribution in [0.1, 0.15) is 47.2 Å². The number of nitrogens with zero attached hydrogens (tertiary/aromatic N) is 3. The van der Waals surface area contributed by atoms with Crippen molar-refractivity contribution < 1.29 is 14.1 Å². The van der Waals surface area contributed by atoms with Gasteiger partial charge >= 0.3 is 0 Å². The maximum Gasteiger partial charge on any atom is 0.267 e. The van der Waals surface area contributed by atoms with Gasteiger partial charge in [0.15, 0.2) is 0 Å². The highest BCUT2D eigenvalue weighted by Crippen LogP contribution is 2.31. The largest absolute Gasteiger partial charge is 0.354 e. The van der Waals surface area contributed by atoms with Crippen molar-refractivity contribution in [3.63, 3.8) is 0 Å². The van der Waals surface area contributed by atoms with Crippen LogP contribution in [0.4, 0.5) is 5.88 Å². The number of hydrogen-bond acceptors (Lipinski definition) is 5. The number of anilines is 1. The Morgan fingerprint density at radius 2 is 2.15 bits per heavy atom. The third-order valence-electron chi connectivity index (χ3n) is 4.81. The second-order valence-electron chi connectivity index (χ2n) is 6.64. The van der Waals surface area contributed by atoms with Gasteiger partial charge in [-0.05, 0) is 38.4 Å². The van der Waals surface area contributed by atoms with Gasteiger partial charge in [0.2, 0.25) is 11.8 Å². The summed E-state index contributed by atoms with van der Waals surface area (Å²) in [6.07, 6.45) is 3.11. The van der Waals surface area contributed by atoms with Crippen molar-refractivity contribution >= 4 is 17.7 Å².